The van der Waals surface area contributed by atoms with E-state index in [0.717, 1.165) is 6.42 Å². The smallest absolute Gasteiger partial charge is 0.306 e. The van der Waals surface area contributed by atoms with Crippen LogP contribution in [0.2, 0.25) is 0 Å². The van der Waals surface area contributed by atoms with Crippen molar-refractivity contribution in [1.82, 2.24) is 0 Å². The molecule has 0 N–H and O–H groups in total. The third kappa shape index (κ3) is 7.19. The lowest BCUT2D eigenvalue weighted by Crippen LogP contribution is -2.30. The number of benzene rings is 1. The fourth-order valence-corrected chi connectivity index (χ4v) is 2.89. The van der Waals surface area contributed by atoms with Gasteiger partial charge in [0, 0.05) is 31.1 Å². The fraction of sp³-hybridized carbons (Fsp3) is 0.550. The first kappa shape index (κ1) is 23.4. The average molecular weight is 393 g/mol. The summed E-state index contributed by atoms with van der Waals surface area (Å²) in [5, 5.41) is 11.1. The van der Waals surface area contributed by atoms with E-state index in [9.17, 15) is 24.5 Å². The number of nitrogens with zero attached hydrogens (tertiary/aromatic N) is 1. The molecule has 0 amide bonds. The third-order valence-corrected chi connectivity index (χ3v) is 4.29. The van der Waals surface area contributed by atoms with Crippen LogP contribution in [0.4, 0.5) is 5.69 Å². The maximum Gasteiger partial charge on any atom is 0.306 e. The minimum atomic E-state index is -0.946. The van der Waals surface area contributed by atoms with E-state index in [-0.39, 0.29) is 43.3 Å². The largest absolute Gasteiger partial charge is 0.463 e. The van der Waals surface area contributed by atoms with Gasteiger partial charge in [0.15, 0.2) is 0 Å². The molecule has 8 heteroatoms. The highest BCUT2D eigenvalue weighted by molar-refractivity contribution is 5.94. The SMILES string of the molecule is CCCOCCOC(=O)CC(C(C)=O)C(C(=O)CC)c1cccc([N+](=O)[O-])c1. The van der Waals surface area contributed by atoms with Gasteiger partial charge in [-0.05, 0) is 18.9 Å². The van der Waals surface area contributed by atoms with Crippen molar-refractivity contribution < 1.29 is 28.8 Å². The Morgan fingerprint density at radius 2 is 1.86 bits per heavy atom. The zero-order valence-corrected chi connectivity index (χ0v) is 16.5. The van der Waals surface area contributed by atoms with Gasteiger partial charge in [-0.2, -0.15) is 0 Å². The Hall–Kier alpha value is -2.61. The van der Waals surface area contributed by atoms with Gasteiger partial charge in [0.05, 0.1) is 23.9 Å². The number of carbonyl (C=O) groups excluding carboxylic acids is 3. The number of carbonyl (C=O) groups is 3. The van der Waals surface area contributed by atoms with Crippen LogP contribution in [0.25, 0.3) is 0 Å². The van der Waals surface area contributed by atoms with Crippen LogP contribution in [0.1, 0.15) is 51.5 Å². The summed E-state index contributed by atoms with van der Waals surface area (Å²) in [7, 11) is 0. The molecule has 1 aromatic carbocycles. The number of nitro benzene ring substituents is 1. The lowest BCUT2D eigenvalue weighted by Gasteiger charge is -2.23. The number of ether oxygens (including phenoxy) is 2. The molecule has 2 unspecified atom stereocenters. The van der Waals surface area contributed by atoms with Crippen molar-refractivity contribution in [3.63, 3.8) is 0 Å². The normalized spacial score (nSPS) is 12.8. The molecule has 0 saturated heterocycles. The van der Waals surface area contributed by atoms with E-state index >= 15 is 0 Å². The van der Waals surface area contributed by atoms with Crippen LogP contribution >= 0.6 is 0 Å². The first-order valence-corrected chi connectivity index (χ1v) is 9.32. The summed E-state index contributed by atoms with van der Waals surface area (Å²) in [6.07, 6.45) is 0.712. The highest BCUT2D eigenvalue weighted by Gasteiger charge is 2.34. The minimum absolute atomic E-state index is 0.0622. The molecule has 28 heavy (non-hydrogen) atoms. The molecular formula is C20H27NO7. The van der Waals surface area contributed by atoms with Crippen molar-refractivity contribution >= 4 is 23.2 Å². The molecule has 0 bridgehead atoms. The van der Waals surface area contributed by atoms with Gasteiger partial charge in [0.1, 0.15) is 18.2 Å². The van der Waals surface area contributed by atoms with Gasteiger partial charge in [-0.1, -0.05) is 26.0 Å². The number of esters is 1. The van der Waals surface area contributed by atoms with Gasteiger partial charge in [0.2, 0.25) is 0 Å². The van der Waals surface area contributed by atoms with Gasteiger partial charge in [-0.25, -0.2) is 0 Å². The summed E-state index contributed by atoms with van der Waals surface area (Å²) in [6.45, 7) is 5.79. The summed E-state index contributed by atoms with van der Waals surface area (Å²) < 4.78 is 10.3. The highest BCUT2D eigenvalue weighted by Crippen LogP contribution is 2.32. The van der Waals surface area contributed by atoms with Crippen molar-refractivity contribution in [2.24, 2.45) is 5.92 Å². The molecule has 8 nitrogen and oxygen atoms in total. The van der Waals surface area contributed by atoms with E-state index in [2.05, 4.69) is 0 Å². The summed E-state index contributed by atoms with van der Waals surface area (Å²) in [5.74, 6) is -3.11. The summed E-state index contributed by atoms with van der Waals surface area (Å²) in [4.78, 5) is 47.4. The number of Topliss-reactive ketones (excluding diaryl/α,β-unsaturated/α-hetero) is 2. The first-order valence-electron chi connectivity index (χ1n) is 9.32. The van der Waals surface area contributed by atoms with Crippen LogP contribution in [0.5, 0.6) is 0 Å². The number of hydrogen-bond donors (Lipinski definition) is 0. The Labute approximate surface area is 164 Å². The molecule has 1 aromatic rings. The molecule has 0 heterocycles. The molecule has 0 aliphatic carbocycles. The van der Waals surface area contributed by atoms with Crippen LogP contribution in [-0.2, 0) is 23.9 Å². The maximum absolute atomic E-state index is 12.6. The predicted octanol–water partition coefficient (Wildman–Crippen LogP) is 3.22. The fourth-order valence-electron chi connectivity index (χ4n) is 2.89. The highest BCUT2D eigenvalue weighted by atomic mass is 16.6. The minimum Gasteiger partial charge on any atom is -0.463 e. The van der Waals surface area contributed by atoms with Crippen molar-refractivity contribution in [1.29, 1.82) is 0 Å². The summed E-state index contributed by atoms with van der Waals surface area (Å²) in [5.41, 5.74) is 0.171. The van der Waals surface area contributed by atoms with Gasteiger partial charge < -0.3 is 9.47 Å². The molecule has 2 atom stereocenters. The van der Waals surface area contributed by atoms with Crippen LogP contribution in [0, 0.1) is 16.0 Å². The predicted molar refractivity (Wildman–Crippen MR) is 102 cm³/mol. The van der Waals surface area contributed by atoms with Gasteiger partial charge in [-0.15, -0.1) is 0 Å². The second-order valence-corrected chi connectivity index (χ2v) is 6.40. The van der Waals surface area contributed by atoms with Gasteiger partial charge in [0.25, 0.3) is 5.69 Å². The van der Waals surface area contributed by atoms with Crippen LogP contribution in [0.15, 0.2) is 24.3 Å². The monoisotopic (exact) mass is 393 g/mol. The van der Waals surface area contributed by atoms with Crippen molar-refractivity contribution in [2.45, 2.75) is 46.0 Å². The van der Waals surface area contributed by atoms with Gasteiger partial charge >= 0.3 is 5.97 Å². The Bertz CT molecular complexity index is 702. The lowest BCUT2D eigenvalue weighted by molar-refractivity contribution is -0.384. The Morgan fingerprint density at radius 3 is 2.43 bits per heavy atom. The molecule has 0 aromatic heterocycles. The van der Waals surface area contributed by atoms with E-state index < -0.39 is 22.7 Å². The standard InChI is InChI=1S/C20H27NO7/c1-4-9-27-10-11-28-19(24)13-17(14(3)22)20(18(23)5-2)15-7-6-8-16(12-15)21(25)26/h6-8,12,17,20H,4-5,9-11,13H2,1-3H3. The molecule has 154 valence electrons. The molecule has 0 radical (unpaired) electrons. The van der Waals surface area contributed by atoms with Crippen molar-refractivity contribution in [3.8, 4) is 0 Å². The van der Waals surface area contributed by atoms with Crippen LogP contribution in [0.3, 0.4) is 0 Å². The zero-order valence-electron chi connectivity index (χ0n) is 16.5. The Kier molecular flexibility index (Phi) is 10.0. The number of nitro groups is 1. The van der Waals surface area contributed by atoms with E-state index in [4.69, 9.17) is 9.47 Å². The van der Waals surface area contributed by atoms with Crippen LogP contribution in [-0.4, -0.2) is 42.3 Å². The number of non-ortho nitro benzene ring substituents is 1. The van der Waals surface area contributed by atoms with Crippen LogP contribution < -0.4 is 0 Å². The first-order chi connectivity index (χ1) is 13.3. The summed E-state index contributed by atoms with van der Waals surface area (Å²) in [6, 6.07) is 5.61. The molecule has 0 aliphatic heterocycles. The molecular weight excluding hydrogens is 366 g/mol. The molecule has 0 aliphatic rings. The molecule has 0 saturated carbocycles. The maximum atomic E-state index is 12.6. The van der Waals surface area contributed by atoms with Crippen molar-refractivity contribution in [2.75, 3.05) is 19.8 Å². The number of ketones is 2. The van der Waals surface area contributed by atoms with Gasteiger partial charge in [-0.3, -0.25) is 24.5 Å². The van der Waals surface area contributed by atoms with E-state index in [0.29, 0.717) is 12.2 Å². The average Bonchev–Trinajstić information content (AvgIpc) is 2.67. The van der Waals surface area contributed by atoms with E-state index in [1.54, 1.807) is 13.0 Å². The zero-order chi connectivity index (χ0) is 21.1. The van der Waals surface area contributed by atoms with E-state index in [1.165, 1.54) is 25.1 Å². The Morgan fingerprint density at radius 1 is 1.14 bits per heavy atom. The van der Waals surface area contributed by atoms with Crippen molar-refractivity contribution in [3.05, 3.63) is 39.9 Å². The summed E-state index contributed by atoms with van der Waals surface area (Å²) >= 11 is 0. The second kappa shape index (κ2) is 12.0. The Balaban J connectivity index is 2.99. The number of rotatable bonds is 13. The number of hydrogen-bond acceptors (Lipinski definition) is 7. The van der Waals surface area contributed by atoms with E-state index in [1.807, 2.05) is 6.92 Å². The third-order valence-electron chi connectivity index (χ3n) is 4.29. The molecule has 1 rings (SSSR count). The molecule has 0 fully saturated rings. The second-order valence-electron chi connectivity index (χ2n) is 6.40. The quantitative estimate of drug-likeness (QED) is 0.219. The topological polar surface area (TPSA) is 113 Å². The molecule has 0 spiro atoms. The lowest BCUT2D eigenvalue weighted by atomic mass is 9.78.